The molecule has 0 aromatic carbocycles. The number of anilines is 1. The lowest BCUT2D eigenvalue weighted by molar-refractivity contribution is 0.298. The molecule has 1 heterocycles. The predicted molar refractivity (Wildman–Crippen MR) is 61.1 cm³/mol. The van der Waals surface area contributed by atoms with Crippen LogP contribution in [-0.4, -0.2) is 16.2 Å². The zero-order valence-electron chi connectivity index (χ0n) is 9.94. The van der Waals surface area contributed by atoms with Crippen LogP contribution in [-0.2, 0) is 0 Å². The molecule has 4 nitrogen and oxygen atoms in total. The minimum atomic E-state index is 0.454. The fourth-order valence-electron chi connectivity index (χ4n) is 3.56. The lowest BCUT2D eigenvalue weighted by atomic mass is 9.84. The van der Waals surface area contributed by atoms with Gasteiger partial charge >= 0.3 is 6.01 Å². The molecule has 2 bridgehead atoms. The molecule has 0 saturated heterocycles. The molecule has 0 spiro atoms. The Bertz CT molecular complexity index is 376. The normalized spacial score (nSPS) is 34.2. The molecule has 4 heteroatoms. The average molecular weight is 221 g/mol. The van der Waals surface area contributed by atoms with Crippen LogP contribution in [0.15, 0.2) is 4.52 Å². The highest BCUT2D eigenvalue weighted by Gasteiger charge is 2.42. The Balaban J connectivity index is 1.63. The van der Waals surface area contributed by atoms with E-state index in [1.54, 1.807) is 0 Å². The van der Waals surface area contributed by atoms with E-state index in [0.29, 0.717) is 17.9 Å². The number of aromatic nitrogens is 2. The molecule has 0 amide bonds. The van der Waals surface area contributed by atoms with Gasteiger partial charge in [-0.2, -0.15) is 4.98 Å². The summed E-state index contributed by atoms with van der Waals surface area (Å²) in [6, 6.07) is 1.03. The molecule has 1 aromatic rings. The Labute approximate surface area is 95.8 Å². The van der Waals surface area contributed by atoms with Gasteiger partial charge in [0.05, 0.1) is 0 Å². The summed E-state index contributed by atoms with van der Waals surface area (Å²) in [7, 11) is 0. The molecule has 0 aliphatic heterocycles. The Morgan fingerprint density at radius 1 is 1.38 bits per heavy atom. The van der Waals surface area contributed by atoms with Crippen molar-refractivity contribution in [3.63, 3.8) is 0 Å². The first-order valence-electron chi connectivity index (χ1n) is 6.29. The van der Waals surface area contributed by atoms with Crippen molar-refractivity contribution < 1.29 is 4.52 Å². The van der Waals surface area contributed by atoms with E-state index in [9.17, 15) is 0 Å². The van der Waals surface area contributed by atoms with Gasteiger partial charge in [0, 0.05) is 6.04 Å². The Morgan fingerprint density at radius 3 is 2.81 bits per heavy atom. The summed E-state index contributed by atoms with van der Waals surface area (Å²) in [5.41, 5.74) is 0. The maximum atomic E-state index is 5.10. The smallest absolute Gasteiger partial charge is 0.321 e. The van der Waals surface area contributed by atoms with E-state index < -0.39 is 0 Å². The van der Waals surface area contributed by atoms with Crippen LogP contribution in [0.4, 0.5) is 6.01 Å². The summed E-state index contributed by atoms with van der Waals surface area (Å²) in [5.74, 6) is 3.41. The fraction of sp³-hybridized carbons (Fsp3) is 0.833. The number of fused-ring (bicyclic) bond motifs is 2. The van der Waals surface area contributed by atoms with Crippen LogP contribution in [0.3, 0.4) is 0 Å². The lowest BCUT2D eigenvalue weighted by Gasteiger charge is -2.27. The molecule has 4 unspecified atom stereocenters. The molecule has 0 radical (unpaired) electrons. The summed E-state index contributed by atoms with van der Waals surface area (Å²) in [4.78, 5) is 4.20. The minimum Gasteiger partial charge on any atom is -0.335 e. The van der Waals surface area contributed by atoms with Gasteiger partial charge in [0.15, 0.2) is 5.82 Å². The summed E-state index contributed by atoms with van der Waals surface area (Å²) in [6.45, 7) is 4.09. The van der Waals surface area contributed by atoms with Crippen LogP contribution < -0.4 is 5.32 Å². The van der Waals surface area contributed by atoms with Crippen LogP contribution in [0, 0.1) is 24.7 Å². The SMILES string of the molecule is Cc1noc(NC(C)C2CC3CCC2C3)n1. The first kappa shape index (κ1) is 10.1. The highest BCUT2D eigenvalue weighted by Crippen LogP contribution is 2.49. The summed E-state index contributed by atoms with van der Waals surface area (Å²) in [6.07, 6.45) is 5.70. The van der Waals surface area contributed by atoms with Gasteiger partial charge in [-0.15, -0.1) is 0 Å². The quantitative estimate of drug-likeness (QED) is 0.852. The molecule has 3 rings (SSSR count). The molecular weight excluding hydrogens is 202 g/mol. The number of nitrogens with zero attached hydrogens (tertiary/aromatic N) is 2. The van der Waals surface area contributed by atoms with Crippen LogP contribution in [0.25, 0.3) is 0 Å². The third kappa shape index (κ3) is 1.70. The molecule has 1 aromatic heterocycles. The van der Waals surface area contributed by atoms with E-state index in [2.05, 4.69) is 22.4 Å². The largest absolute Gasteiger partial charge is 0.335 e. The summed E-state index contributed by atoms with van der Waals surface area (Å²) >= 11 is 0. The Kier molecular flexibility index (Phi) is 2.37. The molecule has 2 fully saturated rings. The van der Waals surface area contributed by atoms with Crippen molar-refractivity contribution in [2.75, 3.05) is 5.32 Å². The van der Waals surface area contributed by atoms with E-state index in [0.717, 1.165) is 17.8 Å². The molecule has 4 atom stereocenters. The van der Waals surface area contributed by atoms with Gasteiger partial charge in [-0.05, 0) is 50.9 Å². The van der Waals surface area contributed by atoms with E-state index in [4.69, 9.17) is 4.52 Å². The summed E-state index contributed by atoms with van der Waals surface area (Å²) < 4.78 is 5.10. The van der Waals surface area contributed by atoms with E-state index in [1.807, 2.05) is 6.92 Å². The van der Waals surface area contributed by atoms with Crippen molar-refractivity contribution in [1.82, 2.24) is 10.1 Å². The van der Waals surface area contributed by atoms with Crippen molar-refractivity contribution in [3.8, 4) is 0 Å². The van der Waals surface area contributed by atoms with Gasteiger partial charge in [0.2, 0.25) is 0 Å². The Hall–Kier alpha value is -1.06. The second-order valence-electron chi connectivity index (χ2n) is 5.42. The van der Waals surface area contributed by atoms with Crippen LogP contribution in [0.5, 0.6) is 0 Å². The van der Waals surface area contributed by atoms with Crippen LogP contribution in [0.1, 0.15) is 38.4 Å². The van der Waals surface area contributed by atoms with Crippen molar-refractivity contribution >= 4 is 6.01 Å². The van der Waals surface area contributed by atoms with E-state index in [1.165, 1.54) is 25.7 Å². The van der Waals surface area contributed by atoms with Crippen molar-refractivity contribution in [1.29, 1.82) is 0 Å². The topological polar surface area (TPSA) is 51.0 Å². The van der Waals surface area contributed by atoms with Gasteiger partial charge in [0.1, 0.15) is 0 Å². The molecule has 2 saturated carbocycles. The zero-order chi connectivity index (χ0) is 11.1. The molecular formula is C12H19N3O. The highest BCUT2D eigenvalue weighted by atomic mass is 16.5. The van der Waals surface area contributed by atoms with Gasteiger partial charge in [0.25, 0.3) is 0 Å². The predicted octanol–water partition coefficient (Wildman–Crippen LogP) is 2.61. The monoisotopic (exact) mass is 221 g/mol. The third-order valence-corrected chi connectivity index (χ3v) is 4.31. The fourth-order valence-corrected chi connectivity index (χ4v) is 3.56. The van der Waals surface area contributed by atoms with E-state index in [-0.39, 0.29) is 0 Å². The van der Waals surface area contributed by atoms with Crippen molar-refractivity contribution in [2.24, 2.45) is 17.8 Å². The second kappa shape index (κ2) is 3.75. The molecule has 2 aliphatic rings. The third-order valence-electron chi connectivity index (χ3n) is 4.31. The first-order valence-corrected chi connectivity index (χ1v) is 6.29. The van der Waals surface area contributed by atoms with E-state index >= 15 is 0 Å². The summed E-state index contributed by atoms with van der Waals surface area (Å²) in [5, 5.41) is 7.14. The highest BCUT2D eigenvalue weighted by molar-refractivity contribution is 5.21. The van der Waals surface area contributed by atoms with Crippen LogP contribution >= 0.6 is 0 Å². The molecule has 16 heavy (non-hydrogen) atoms. The lowest BCUT2D eigenvalue weighted by Crippen LogP contribution is -2.30. The second-order valence-corrected chi connectivity index (χ2v) is 5.42. The molecule has 1 N–H and O–H groups in total. The minimum absolute atomic E-state index is 0.454. The standard InChI is InChI=1S/C12H19N3O/c1-7(13-12-14-8(2)15-16-12)11-6-9-3-4-10(11)5-9/h7,9-11H,3-6H2,1-2H3,(H,13,14,15). The van der Waals surface area contributed by atoms with Crippen molar-refractivity contribution in [3.05, 3.63) is 5.82 Å². The average Bonchev–Trinajstić information content (AvgIpc) is 2.93. The van der Waals surface area contributed by atoms with Gasteiger partial charge < -0.3 is 9.84 Å². The zero-order valence-corrected chi connectivity index (χ0v) is 9.94. The number of nitrogens with one attached hydrogen (secondary N) is 1. The van der Waals surface area contributed by atoms with Gasteiger partial charge in [-0.1, -0.05) is 11.6 Å². The van der Waals surface area contributed by atoms with Gasteiger partial charge in [-0.25, -0.2) is 0 Å². The maximum absolute atomic E-state index is 5.10. The van der Waals surface area contributed by atoms with Gasteiger partial charge in [-0.3, -0.25) is 0 Å². The maximum Gasteiger partial charge on any atom is 0.321 e. The number of hydrogen-bond acceptors (Lipinski definition) is 4. The first-order chi connectivity index (χ1) is 7.72. The molecule has 88 valence electrons. The number of hydrogen-bond donors (Lipinski definition) is 1. The van der Waals surface area contributed by atoms with Crippen molar-refractivity contribution in [2.45, 2.75) is 45.6 Å². The van der Waals surface area contributed by atoms with Crippen LogP contribution in [0.2, 0.25) is 0 Å². The Morgan fingerprint density at radius 2 is 2.25 bits per heavy atom. The number of rotatable bonds is 3. The number of aryl methyl sites for hydroxylation is 1. The molecule has 2 aliphatic carbocycles.